The van der Waals surface area contributed by atoms with E-state index < -0.39 is 0 Å². The standard InChI is InChI=1S/C11H18O/c1-7-8-5-6-11(4,9(7)12)10(8,2)3/h7-8H,5-6H2,1-4H3/t7-,8+,11-/m0/s1. The minimum absolute atomic E-state index is 0.00289. The molecule has 2 aliphatic rings. The fraction of sp³-hybridized carbons (Fsp3) is 0.909. The van der Waals surface area contributed by atoms with Crippen LogP contribution < -0.4 is 0 Å². The fourth-order valence-corrected chi connectivity index (χ4v) is 3.54. The monoisotopic (exact) mass is 166 g/mol. The Balaban J connectivity index is 2.50. The van der Waals surface area contributed by atoms with Crippen molar-refractivity contribution in [3.63, 3.8) is 0 Å². The first-order chi connectivity index (χ1) is 5.41. The maximum absolute atomic E-state index is 11.9. The van der Waals surface area contributed by atoms with Crippen molar-refractivity contribution in [1.29, 1.82) is 0 Å². The summed E-state index contributed by atoms with van der Waals surface area (Å²) < 4.78 is 0. The Kier molecular flexibility index (Phi) is 1.34. The maximum Gasteiger partial charge on any atom is 0.142 e. The molecular formula is C11H18O. The van der Waals surface area contributed by atoms with Crippen LogP contribution in [-0.4, -0.2) is 5.78 Å². The number of Topliss-reactive ketones (excluding diaryl/α,β-unsaturated/α-hetero) is 1. The van der Waals surface area contributed by atoms with Crippen LogP contribution in [0.2, 0.25) is 0 Å². The van der Waals surface area contributed by atoms with Crippen LogP contribution in [-0.2, 0) is 4.79 Å². The quantitative estimate of drug-likeness (QED) is 0.540. The number of hydrogen-bond donors (Lipinski definition) is 0. The van der Waals surface area contributed by atoms with Crippen LogP contribution in [0.15, 0.2) is 0 Å². The summed E-state index contributed by atoms with van der Waals surface area (Å²) in [5.74, 6) is 1.48. The van der Waals surface area contributed by atoms with Crippen molar-refractivity contribution in [1.82, 2.24) is 0 Å². The molecule has 2 bridgehead atoms. The molecule has 0 aromatic carbocycles. The van der Waals surface area contributed by atoms with E-state index in [1.807, 2.05) is 0 Å². The largest absolute Gasteiger partial charge is 0.299 e. The fourth-order valence-electron chi connectivity index (χ4n) is 3.54. The van der Waals surface area contributed by atoms with Gasteiger partial charge in [-0.3, -0.25) is 4.79 Å². The first-order valence-corrected chi connectivity index (χ1v) is 4.95. The lowest BCUT2D eigenvalue weighted by Gasteiger charge is -2.32. The molecule has 0 aromatic heterocycles. The van der Waals surface area contributed by atoms with Crippen molar-refractivity contribution >= 4 is 5.78 Å². The molecule has 0 aromatic rings. The highest BCUT2D eigenvalue weighted by atomic mass is 16.1. The van der Waals surface area contributed by atoms with E-state index in [4.69, 9.17) is 0 Å². The average molecular weight is 166 g/mol. The van der Waals surface area contributed by atoms with Crippen LogP contribution in [0.4, 0.5) is 0 Å². The van der Waals surface area contributed by atoms with Crippen molar-refractivity contribution in [3.8, 4) is 0 Å². The van der Waals surface area contributed by atoms with Gasteiger partial charge in [-0.15, -0.1) is 0 Å². The SMILES string of the molecule is C[C@@H]1C(=O)[C@]2(C)CC[C@H]1C2(C)C. The van der Waals surface area contributed by atoms with Gasteiger partial charge in [0, 0.05) is 11.3 Å². The Bertz CT molecular complexity index is 241. The van der Waals surface area contributed by atoms with Crippen LogP contribution in [0.25, 0.3) is 0 Å². The van der Waals surface area contributed by atoms with Gasteiger partial charge < -0.3 is 0 Å². The Morgan fingerprint density at radius 2 is 1.92 bits per heavy atom. The normalized spacial score (nSPS) is 50.2. The summed E-state index contributed by atoms with van der Waals surface area (Å²) in [6.07, 6.45) is 2.38. The summed E-state index contributed by atoms with van der Waals surface area (Å²) >= 11 is 0. The van der Waals surface area contributed by atoms with E-state index in [0.29, 0.717) is 17.6 Å². The molecule has 0 radical (unpaired) electrons. The zero-order valence-electron chi connectivity index (χ0n) is 8.48. The van der Waals surface area contributed by atoms with E-state index in [1.54, 1.807) is 0 Å². The van der Waals surface area contributed by atoms with E-state index >= 15 is 0 Å². The summed E-state index contributed by atoms with van der Waals surface area (Å²) in [6.45, 7) is 8.82. The molecule has 0 N–H and O–H groups in total. The topological polar surface area (TPSA) is 17.1 Å². The van der Waals surface area contributed by atoms with Crippen molar-refractivity contribution < 1.29 is 4.79 Å². The molecular weight excluding hydrogens is 148 g/mol. The molecule has 68 valence electrons. The molecule has 0 heterocycles. The molecule has 1 nitrogen and oxygen atoms in total. The third kappa shape index (κ3) is 0.605. The number of hydrogen-bond acceptors (Lipinski definition) is 1. The summed E-state index contributed by atoms with van der Waals surface area (Å²) in [6, 6.07) is 0. The van der Waals surface area contributed by atoms with Gasteiger partial charge in [0.1, 0.15) is 5.78 Å². The van der Waals surface area contributed by atoms with E-state index in [9.17, 15) is 4.79 Å². The second-order valence-corrected chi connectivity index (χ2v) is 5.35. The summed E-state index contributed by atoms with van der Waals surface area (Å²) in [5.41, 5.74) is 0.251. The molecule has 1 heteroatoms. The molecule has 2 saturated carbocycles. The highest BCUT2D eigenvalue weighted by Crippen LogP contribution is 2.65. The van der Waals surface area contributed by atoms with Gasteiger partial charge in [-0.1, -0.05) is 27.7 Å². The molecule has 0 saturated heterocycles. The minimum Gasteiger partial charge on any atom is -0.299 e. The van der Waals surface area contributed by atoms with Crippen molar-refractivity contribution in [2.24, 2.45) is 22.7 Å². The van der Waals surface area contributed by atoms with E-state index in [-0.39, 0.29) is 10.8 Å². The predicted octanol–water partition coefficient (Wildman–Crippen LogP) is 2.65. The smallest absolute Gasteiger partial charge is 0.142 e. The van der Waals surface area contributed by atoms with Crippen LogP contribution in [0, 0.1) is 22.7 Å². The molecule has 0 amide bonds. The minimum atomic E-state index is -0.00289. The third-order valence-corrected chi connectivity index (χ3v) is 4.87. The molecule has 0 unspecified atom stereocenters. The lowest BCUT2D eigenvalue weighted by molar-refractivity contribution is -0.131. The molecule has 2 fully saturated rings. The van der Waals surface area contributed by atoms with Gasteiger partial charge in [0.05, 0.1) is 0 Å². The van der Waals surface area contributed by atoms with Gasteiger partial charge in [0.15, 0.2) is 0 Å². The zero-order valence-corrected chi connectivity index (χ0v) is 8.48. The van der Waals surface area contributed by atoms with Gasteiger partial charge in [0.2, 0.25) is 0 Å². The molecule has 2 aliphatic carbocycles. The molecule has 0 spiro atoms. The molecule has 3 atom stereocenters. The van der Waals surface area contributed by atoms with Crippen molar-refractivity contribution in [2.75, 3.05) is 0 Å². The second-order valence-electron chi connectivity index (χ2n) is 5.35. The van der Waals surface area contributed by atoms with Crippen LogP contribution >= 0.6 is 0 Å². The maximum atomic E-state index is 11.9. The average Bonchev–Trinajstić information content (AvgIpc) is 2.26. The first-order valence-electron chi connectivity index (χ1n) is 4.95. The van der Waals surface area contributed by atoms with Crippen molar-refractivity contribution in [3.05, 3.63) is 0 Å². The molecule has 0 aliphatic heterocycles. The van der Waals surface area contributed by atoms with E-state index in [0.717, 1.165) is 6.42 Å². The first kappa shape index (κ1) is 8.28. The van der Waals surface area contributed by atoms with Crippen LogP contribution in [0.3, 0.4) is 0 Å². The highest BCUT2D eigenvalue weighted by molar-refractivity contribution is 5.91. The number of rotatable bonds is 0. The summed E-state index contributed by atoms with van der Waals surface area (Å²) in [7, 11) is 0. The lowest BCUT2D eigenvalue weighted by atomic mass is 9.70. The number of ketones is 1. The number of fused-ring (bicyclic) bond motifs is 2. The Morgan fingerprint density at radius 3 is 2.17 bits per heavy atom. The van der Waals surface area contributed by atoms with Gasteiger partial charge in [-0.05, 0) is 24.2 Å². The van der Waals surface area contributed by atoms with Gasteiger partial charge >= 0.3 is 0 Å². The van der Waals surface area contributed by atoms with Gasteiger partial charge in [-0.2, -0.15) is 0 Å². The van der Waals surface area contributed by atoms with Crippen LogP contribution in [0.5, 0.6) is 0 Å². The predicted molar refractivity (Wildman–Crippen MR) is 48.8 cm³/mol. The van der Waals surface area contributed by atoms with E-state index in [2.05, 4.69) is 27.7 Å². The van der Waals surface area contributed by atoms with Crippen LogP contribution in [0.1, 0.15) is 40.5 Å². The van der Waals surface area contributed by atoms with E-state index in [1.165, 1.54) is 6.42 Å². The zero-order chi connectivity index (χ0) is 9.15. The Morgan fingerprint density at radius 1 is 1.33 bits per heavy atom. The van der Waals surface area contributed by atoms with Gasteiger partial charge in [-0.25, -0.2) is 0 Å². The summed E-state index contributed by atoms with van der Waals surface area (Å²) in [5, 5.41) is 0. The lowest BCUT2D eigenvalue weighted by Crippen LogP contribution is -2.33. The Hall–Kier alpha value is -0.330. The Labute approximate surface area is 74.5 Å². The number of carbonyl (C=O) groups is 1. The van der Waals surface area contributed by atoms with Crippen molar-refractivity contribution in [2.45, 2.75) is 40.5 Å². The third-order valence-electron chi connectivity index (χ3n) is 4.87. The second kappa shape index (κ2) is 1.94. The highest BCUT2D eigenvalue weighted by Gasteiger charge is 2.64. The number of carbonyl (C=O) groups excluding carboxylic acids is 1. The summed E-state index contributed by atoms with van der Waals surface area (Å²) in [4.78, 5) is 11.9. The molecule has 2 rings (SSSR count). The molecule has 12 heavy (non-hydrogen) atoms. The van der Waals surface area contributed by atoms with Gasteiger partial charge in [0.25, 0.3) is 0 Å².